The zero-order chi connectivity index (χ0) is 13.1. The minimum absolute atomic E-state index is 0.558. The predicted octanol–water partition coefficient (Wildman–Crippen LogP) is 4.44. The molecule has 0 unspecified atom stereocenters. The Kier molecular flexibility index (Phi) is 3.56. The summed E-state index contributed by atoms with van der Waals surface area (Å²) in [7, 11) is 0. The first-order valence-electron chi connectivity index (χ1n) is 6.30. The molecular formula is C16H20N2. The van der Waals surface area contributed by atoms with Gasteiger partial charge in [-0.1, -0.05) is 38.1 Å². The summed E-state index contributed by atoms with van der Waals surface area (Å²) in [6.45, 7) is 6.41. The molecule has 0 bridgehead atoms. The zero-order valence-electron chi connectivity index (χ0n) is 11.2. The van der Waals surface area contributed by atoms with Crippen molar-refractivity contribution in [3.05, 3.63) is 53.6 Å². The van der Waals surface area contributed by atoms with E-state index in [9.17, 15) is 0 Å². The van der Waals surface area contributed by atoms with Gasteiger partial charge in [-0.15, -0.1) is 0 Å². The summed E-state index contributed by atoms with van der Waals surface area (Å²) in [4.78, 5) is 0. The normalized spacial score (nSPS) is 10.7. The van der Waals surface area contributed by atoms with Gasteiger partial charge in [0.15, 0.2) is 0 Å². The lowest BCUT2D eigenvalue weighted by molar-refractivity contribution is 0.867. The summed E-state index contributed by atoms with van der Waals surface area (Å²) < 4.78 is 0. The fraction of sp³-hybridized carbons (Fsp3) is 0.250. The number of nitrogens with two attached hydrogens (primary N) is 1. The molecule has 2 heteroatoms. The number of aryl methyl sites for hydroxylation is 1. The number of hydrogen-bond donors (Lipinski definition) is 2. The summed E-state index contributed by atoms with van der Waals surface area (Å²) in [5, 5.41) is 3.35. The lowest BCUT2D eigenvalue weighted by atomic mass is 10.0. The molecule has 0 fully saturated rings. The van der Waals surface area contributed by atoms with E-state index in [2.05, 4.69) is 43.4 Å². The van der Waals surface area contributed by atoms with E-state index in [1.165, 1.54) is 5.56 Å². The topological polar surface area (TPSA) is 38.0 Å². The molecule has 2 nitrogen and oxygen atoms in total. The van der Waals surface area contributed by atoms with Crippen LogP contribution in [0.3, 0.4) is 0 Å². The van der Waals surface area contributed by atoms with Crippen LogP contribution in [-0.4, -0.2) is 0 Å². The molecule has 18 heavy (non-hydrogen) atoms. The van der Waals surface area contributed by atoms with Crippen molar-refractivity contribution < 1.29 is 0 Å². The molecule has 2 aromatic carbocycles. The lowest BCUT2D eigenvalue weighted by Gasteiger charge is -2.12. The van der Waals surface area contributed by atoms with E-state index in [1.807, 2.05) is 25.1 Å². The third kappa shape index (κ3) is 2.65. The van der Waals surface area contributed by atoms with Crippen LogP contribution in [-0.2, 0) is 0 Å². The summed E-state index contributed by atoms with van der Waals surface area (Å²) in [6, 6.07) is 14.5. The Morgan fingerprint density at radius 2 is 1.67 bits per heavy atom. The van der Waals surface area contributed by atoms with Crippen LogP contribution < -0.4 is 11.1 Å². The number of para-hydroxylation sites is 1. The molecule has 0 heterocycles. The van der Waals surface area contributed by atoms with Crippen molar-refractivity contribution in [1.82, 2.24) is 0 Å². The van der Waals surface area contributed by atoms with Crippen LogP contribution in [0.1, 0.15) is 30.9 Å². The van der Waals surface area contributed by atoms with E-state index in [1.54, 1.807) is 0 Å². The van der Waals surface area contributed by atoms with Gasteiger partial charge in [-0.05, 0) is 42.2 Å². The molecule has 0 saturated carbocycles. The Morgan fingerprint density at radius 3 is 2.28 bits per heavy atom. The van der Waals surface area contributed by atoms with Gasteiger partial charge in [-0.3, -0.25) is 0 Å². The molecule has 0 atom stereocenters. The average Bonchev–Trinajstić information content (AvgIpc) is 2.36. The van der Waals surface area contributed by atoms with Gasteiger partial charge < -0.3 is 11.1 Å². The maximum atomic E-state index is 6.05. The monoisotopic (exact) mass is 240 g/mol. The molecule has 3 N–H and O–H groups in total. The van der Waals surface area contributed by atoms with E-state index in [4.69, 9.17) is 5.73 Å². The van der Waals surface area contributed by atoms with Crippen molar-refractivity contribution in [2.75, 3.05) is 11.1 Å². The SMILES string of the molecule is Cc1cccc(Nc2ccc(C(C)C)cc2)c1N. The molecule has 0 amide bonds. The number of hydrogen-bond acceptors (Lipinski definition) is 2. The number of rotatable bonds is 3. The van der Waals surface area contributed by atoms with Crippen molar-refractivity contribution >= 4 is 17.1 Å². The second-order valence-corrected chi connectivity index (χ2v) is 4.94. The first kappa shape index (κ1) is 12.5. The highest BCUT2D eigenvalue weighted by molar-refractivity contribution is 5.74. The van der Waals surface area contributed by atoms with Crippen molar-refractivity contribution in [3.63, 3.8) is 0 Å². The fourth-order valence-electron chi connectivity index (χ4n) is 1.90. The summed E-state index contributed by atoms with van der Waals surface area (Å²) in [6.07, 6.45) is 0. The van der Waals surface area contributed by atoms with E-state index in [-0.39, 0.29) is 0 Å². The second-order valence-electron chi connectivity index (χ2n) is 4.94. The third-order valence-corrected chi connectivity index (χ3v) is 3.18. The van der Waals surface area contributed by atoms with Crippen molar-refractivity contribution in [1.29, 1.82) is 0 Å². The van der Waals surface area contributed by atoms with Gasteiger partial charge in [0.2, 0.25) is 0 Å². The van der Waals surface area contributed by atoms with Crippen LogP contribution in [0.15, 0.2) is 42.5 Å². The predicted molar refractivity (Wildman–Crippen MR) is 79.4 cm³/mol. The van der Waals surface area contributed by atoms with Crippen LogP contribution >= 0.6 is 0 Å². The third-order valence-electron chi connectivity index (χ3n) is 3.18. The maximum Gasteiger partial charge on any atom is 0.0620 e. The Bertz CT molecular complexity index is 527. The quantitative estimate of drug-likeness (QED) is 0.778. The minimum atomic E-state index is 0.558. The Morgan fingerprint density at radius 1 is 1.00 bits per heavy atom. The largest absolute Gasteiger partial charge is 0.397 e. The number of anilines is 3. The van der Waals surface area contributed by atoms with Gasteiger partial charge in [0.05, 0.1) is 11.4 Å². The number of nitrogens with one attached hydrogen (secondary N) is 1. The van der Waals surface area contributed by atoms with Gasteiger partial charge in [-0.2, -0.15) is 0 Å². The van der Waals surface area contributed by atoms with Gasteiger partial charge in [0, 0.05) is 5.69 Å². The Labute approximate surface area is 109 Å². The van der Waals surface area contributed by atoms with Gasteiger partial charge in [-0.25, -0.2) is 0 Å². The summed E-state index contributed by atoms with van der Waals surface area (Å²) >= 11 is 0. The van der Waals surface area contributed by atoms with Crippen LogP contribution in [0.2, 0.25) is 0 Å². The standard InChI is InChI=1S/C16H20N2/c1-11(2)13-7-9-14(10-8-13)18-15-6-4-5-12(3)16(15)17/h4-11,18H,17H2,1-3H3. The van der Waals surface area contributed by atoms with E-state index in [0.717, 1.165) is 22.6 Å². The fourth-order valence-corrected chi connectivity index (χ4v) is 1.90. The van der Waals surface area contributed by atoms with Crippen LogP contribution in [0.5, 0.6) is 0 Å². The molecule has 0 aliphatic rings. The molecule has 0 saturated heterocycles. The highest BCUT2D eigenvalue weighted by Crippen LogP contribution is 2.26. The zero-order valence-corrected chi connectivity index (χ0v) is 11.2. The first-order chi connectivity index (χ1) is 8.58. The molecule has 0 aromatic heterocycles. The molecule has 0 spiro atoms. The van der Waals surface area contributed by atoms with Crippen molar-refractivity contribution in [2.45, 2.75) is 26.7 Å². The molecule has 94 valence electrons. The number of benzene rings is 2. The van der Waals surface area contributed by atoms with Crippen molar-refractivity contribution in [3.8, 4) is 0 Å². The number of nitrogen functional groups attached to an aromatic ring is 1. The summed E-state index contributed by atoms with van der Waals surface area (Å²) in [5.41, 5.74) is 11.3. The van der Waals surface area contributed by atoms with Crippen LogP contribution in [0, 0.1) is 6.92 Å². The molecule has 0 aliphatic heterocycles. The first-order valence-corrected chi connectivity index (χ1v) is 6.30. The van der Waals surface area contributed by atoms with Crippen LogP contribution in [0.4, 0.5) is 17.1 Å². The molecule has 2 aromatic rings. The Balaban J connectivity index is 2.21. The highest BCUT2D eigenvalue weighted by atomic mass is 14.9. The van der Waals surface area contributed by atoms with Crippen LogP contribution in [0.25, 0.3) is 0 Å². The maximum absolute atomic E-state index is 6.05. The average molecular weight is 240 g/mol. The second kappa shape index (κ2) is 5.13. The van der Waals surface area contributed by atoms with Gasteiger partial charge >= 0.3 is 0 Å². The van der Waals surface area contributed by atoms with Crippen molar-refractivity contribution in [2.24, 2.45) is 0 Å². The summed E-state index contributed by atoms with van der Waals surface area (Å²) in [5.74, 6) is 0.558. The van der Waals surface area contributed by atoms with E-state index >= 15 is 0 Å². The molecule has 0 aliphatic carbocycles. The van der Waals surface area contributed by atoms with E-state index in [0.29, 0.717) is 5.92 Å². The smallest absolute Gasteiger partial charge is 0.0620 e. The Hall–Kier alpha value is -1.96. The minimum Gasteiger partial charge on any atom is -0.397 e. The van der Waals surface area contributed by atoms with Gasteiger partial charge in [0.1, 0.15) is 0 Å². The van der Waals surface area contributed by atoms with Gasteiger partial charge in [0.25, 0.3) is 0 Å². The molecular weight excluding hydrogens is 220 g/mol. The highest BCUT2D eigenvalue weighted by Gasteiger charge is 2.03. The van der Waals surface area contributed by atoms with E-state index < -0.39 is 0 Å². The molecule has 0 radical (unpaired) electrons. The molecule has 2 rings (SSSR count). The lowest BCUT2D eigenvalue weighted by Crippen LogP contribution is -1.98.